The lowest BCUT2D eigenvalue weighted by atomic mass is 9.93. The zero-order chi connectivity index (χ0) is 15.9. The van der Waals surface area contributed by atoms with Gasteiger partial charge >= 0.3 is 6.03 Å². The van der Waals surface area contributed by atoms with Crippen molar-refractivity contribution in [3.8, 4) is 0 Å². The number of nitrogens with zero attached hydrogens (tertiary/aromatic N) is 1. The SMILES string of the molecule is Cc1csc(NC(=O)NCC(CC(C)O)c2ccccc2)n1. The molecule has 0 spiro atoms. The van der Waals surface area contributed by atoms with Gasteiger partial charge in [0, 0.05) is 17.8 Å². The smallest absolute Gasteiger partial charge is 0.321 e. The number of nitrogens with one attached hydrogen (secondary N) is 2. The Labute approximate surface area is 134 Å². The summed E-state index contributed by atoms with van der Waals surface area (Å²) in [7, 11) is 0. The fourth-order valence-corrected chi connectivity index (χ4v) is 2.93. The number of aliphatic hydroxyl groups excluding tert-OH is 1. The first kappa shape index (κ1) is 16.5. The van der Waals surface area contributed by atoms with Gasteiger partial charge in [-0.05, 0) is 25.8 Å². The minimum Gasteiger partial charge on any atom is -0.393 e. The summed E-state index contributed by atoms with van der Waals surface area (Å²) in [6.45, 7) is 4.10. The van der Waals surface area contributed by atoms with Crippen LogP contribution in [0.4, 0.5) is 9.93 Å². The summed E-state index contributed by atoms with van der Waals surface area (Å²) in [4.78, 5) is 16.1. The number of hydrogen-bond acceptors (Lipinski definition) is 4. The Bertz CT molecular complexity index is 598. The van der Waals surface area contributed by atoms with Crippen LogP contribution in [0.3, 0.4) is 0 Å². The van der Waals surface area contributed by atoms with Crippen molar-refractivity contribution in [2.45, 2.75) is 32.3 Å². The molecule has 2 atom stereocenters. The number of hydrogen-bond donors (Lipinski definition) is 3. The van der Waals surface area contributed by atoms with Crippen LogP contribution in [0.2, 0.25) is 0 Å². The highest BCUT2D eigenvalue weighted by Gasteiger charge is 2.15. The molecule has 3 N–H and O–H groups in total. The fourth-order valence-electron chi connectivity index (χ4n) is 2.24. The quantitative estimate of drug-likeness (QED) is 0.766. The number of aryl methyl sites for hydroxylation is 1. The summed E-state index contributed by atoms with van der Waals surface area (Å²) < 4.78 is 0. The van der Waals surface area contributed by atoms with Gasteiger partial charge in [0.1, 0.15) is 0 Å². The first-order valence-electron chi connectivity index (χ1n) is 7.24. The summed E-state index contributed by atoms with van der Waals surface area (Å²) in [5.41, 5.74) is 1.99. The van der Waals surface area contributed by atoms with Crippen LogP contribution in [0, 0.1) is 6.92 Å². The zero-order valence-electron chi connectivity index (χ0n) is 12.7. The Balaban J connectivity index is 1.91. The second-order valence-corrected chi connectivity index (χ2v) is 6.18. The van der Waals surface area contributed by atoms with Gasteiger partial charge in [0.05, 0.1) is 11.8 Å². The predicted molar refractivity (Wildman–Crippen MR) is 89.4 cm³/mol. The second kappa shape index (κ2) is 7.91. The molecule has 2 amide bonds. The Morgan fingerprint density at radius 1 is 1.36 bits per heavy atom. The highest BCUT2D eigenvalue weighted by Crippen LogP contribution is 2.20. The summed E-state index contributed by atoms with van der Waals surface area (Å²) in [6.07, 6.45) is 0.178. The molecule has 0 radical (unpaired) electrons. The van der Waals surface area contributed by atoms with E-state index in [0.29, 0.717) is 18.1 Å². The standard InChI is InChI=1S/C16H21N3O2S/c1-11-10-22-16(18-11)19-15(21)17-9-14(8-12(2)20)13-6-4-3-5-7-13/h3-7,10,12,14,20H,8-9H2,1-2H3,(H2,17,18,19,21). The van der Waals surface area contributed by atoms with Gasteiger partial charge in [0.2, 0.25) is 0 Å². The molecule has 0 saturated heterocycles. The number of urea groups is 1. The van der Waals surface area contributed by atoms with E-state index in [9.17, 15) is 9.90 Å². The highest BCUT2D eigenvalue weighted by atomic mass is 32.1. The van der Waals surface area contributed by atoms with Crippen LogP contribution in [0.1, 0.15) is 30.5 Å². The van der Waals surface area contributed by atoms with Gasteiger partial charge in [0.25, 0.3) is 0 Å². The van der Waals surface area contributed by atoms with Crippen LogP contribution in [0.25, 0.3) is 0 Å². The minimum absolute atomic E-state index is 0.0741. The molecule has 5 nitrogen and oxygen atoms in total. The van der Waals surface area contributed by atoms with Gasteiger partial charge in [-0.25, -0.2) is 9.78 Å². The maximum Gasteiger partial charge on any atom is 0.321 e. The third-order valence-electron chi connectivity index (χ3n) is 3.25. The van der Waals surface area contributed by atoms with Crippen molar-refractivity contribution < 1.29 is 9.90 Å². The van der Waals surface area contributed by atoms with E-state index in [1.807, 2.05) is 42.6 Å². The topological polar surface area (TPSA) is 74.2 Å². The molecule has 1 aromatic carbocycles. The maximum atomic E-state index is 11.9. The molecule has 0 saturated carbocycles. The number of carbonyl (C=O) groups excluding carboxylic acids is 1. The van der Waals surface area contributed by atoms with E-state index in [4.69, 9.17) is 0 Å². The fraction of sp³-hybridized carbons (Fsp3) is 0.375. The lowest BCUT2D eigenvalue weighted by Gasteiger charge is -2.19. The van der Waals surface area contributed by atoms with Crippen molar-refractivity contribution in [2.24, 2.45) is 0 Å². The molecule has 0 bridgehead atoms. The normalized spacial score (nSPS) is 13.4. The van der Waals surface area contributed by atoms with E-state index >= 15 is 0 Å². The Hall–Kier alpha value is -1.92. The van der Waals surface area contributed by atoms with E-state index in [0.717, 1.165) is 11.3 Å². The van der Waals surface area contributed by atoms with Crippen molar-refractivity contribution in [1.29, 1.82) is 0 Å². The van der Waals surface area contributed by atoms with Crippen LogP contribution in [0.15, 0.2) is 35.7 Å². The van der Waals surface area contributed by atoms with E-state index in [1.54, 1.807) is 6.92 Å². The summed E-state index contributed by atoms with van der Waals surface area (Å²) in [6, 6.07) is 9.62. The number of amides is 2. The number of aromatic nitrogens is 1. The molecule has 1 heterocycles. The molecule has 118 valence electrons. The largest absolute Gasteiger partial charge is 0.393 e. The summed E-state index contributed by atoms with van der Waals surface area (Å²) >= 11 is 1.40. The second-order valence-electron chi connectivity index (χ2n) is 5.32. The average Bonchev–Trinajstić information content (AvgIpc) is 2.89. The average molecular weight is 319 g/mol. The molecule has 0 aliphatic rings. The number of aliphatic hydroxyl groups is 1. The van der Waals surface area contributed by atoms with Gasteiger partial charge in [0.15, 0.2) is 5.13 Å². The summed E-state index contributed by atoms with van der Waals surface area (Å²) in [5, 5.41) is 17.7. The number of anilines is 1. The van der Waals surface area contributed by atoms with E-state index in [-0.39, 0.29) is 11.9 Å². The lowest BCUT2D eigenvalue weighted by Crippen LogP contribution is -2.33. The Morgan fingerprint density at radius 3 is 2.68 bits per heavy atom. The van der Waals surface area contributed by atoms with Crippen molar-refractivity contribution in [2.75, 3.05) is 11.9 Å². The number of carbonyl (C=O) groups is 1. The van der Waals surface area contributed by atoms with Crippen molar-refractivity contribution >= 4 is 22.5 Å². The number of rotatable bonds is 6. The molecule has 0 aliphatic carbocycles. The minimum atomic E-state index is -0.420. The van der Waals surface area contributed by atoms with Gasteiger partial charge in [-0.15, -0.1) is 11.3 Å². The third-order valence-corrected chi connectivity index (χ3v) is 4.12. The number of benzene rings is 1. The molecule has 1 aromatic heterocycles. The van der Waals surface area contributed by atoms with Crippen molar-refractivity contribution in [3.63, 3.8) is 0 Å². The molecule has 0 aliphatic heterocycles. The van der Waals surface area contributed by atoms with Gasteiger partial charge in [-0.1, -0.05) is 30.3 Å². The monoisotopic (exact) mass is 319 g/mol. The van der Waals surface area contributed by atoms with Crippen LogP contribution in [-0.2, 0) is 0 Å². The van der Waals surface area contributed by atoms with Gasteiger partial charge < -0.3 is 10.4 Å². The molecule has 2 rings (SSSR count). The first-order valence-corrected chi connectivity index (χ1v) is 8.12. The molecule has 2 unspecified atom stereocenters. The zero-order valence-corrected chi connectivity index (χ0v) is 13.6. The molecule has 0 fully saturated rings. The van der Waals surface area contributed by atoms with E-state index in [1.165, 1.54) is 11.3 Å². The molecular formula is C16H21N3O2S. The van der Waals surface area contributed by atoms with Crippen LogP contribution < -0.4 is 10.6 Å². The van der Waals surface area contributed by atoms with Crippen LogP contribution >= 0.6 is 11.3 Å². The first-order chi connectivity index (χ1) is 10.5. The van der Waals surface area contributed by atoms with E-state index in [2.05, 4.69) is 15.6 Å². The number of thiazole rings is 1. The summed E-state index contributed by atoms with van der Waals surface area (Å²) in [5.74, 6) is 0.0741. The lowest BCUT2D eigenvalue weighted by molar-refractivity contribution is 0.173. The van der Waals surface area contributed by atoms with Crippen molar-refractivity contribution in [3.05, 3.63) is 47.0 Å². The van der Waals surface area contributed by atoms with Gasteiger partial charge in [-0.2, -0.15) is 0 Å². The highest BCUT2D eigenvalue weighted by molar-refractivity contribution is 7.13. The molecule has 2 aromatic rings. The van der Waals surface area contributed by atoms with Crippen molar-refractivity contribution in [1.82, 2.24) is 10.3 Å². The van der Waals surface area contributed by atoms with Gasteiger partial charge in [-0.3, -0.25) is 5.32 Å². The maximum absolute atomic E-state index is 11.9. The van der Waals surface area contributed by atoms with Crippen LogP contribution in [-0.4, -0.2) is 28.8 Å². The molecular weight excluding hydrogens is 298 g/mol. The third kappa shape index (κ3) is 5.13. The Kier molecular flexibility index (Phi) is 5.91. The van der Waals surface area contributed by atoms with Crippen LogP contribution in [0.5, 0.6) is 0 Å². The van der Waals surface area contributed by atoms with E-state index < -0.39 is 6.10 Å². The molecule has 6 heteroatoms. The molecule has 22 heavy (non-hydrogen) atoms. The predicted octanol–water partition coefficient (Wildman–Crippen LogP) is 3.13. The Morgan fingerprint density at radius 2 is 2.09 bits per heavy atom.